The number of ketones is 1. The van der Waals surface area contributed by atoms with Crippen molar-refractivity contribution in [3.05, 3.63) is 96.4 Å². The first-order chi connectivity index (χ1) is 22.8. The average molecular weight is 704 g/mol. The van der Waals surface area contributed by atoms with Gasteiger partial charge < -0.3 is 9.26 Å². The van der Waals surface area contributed by atoms with Gasteiger partial charge in [-0.25, -0.2) is 8.42 Å². The lowest BCUT2D eigenvalue weighted by molar-refractivity contribution is -0.132. The van der Waals surface area contributed by atoms with Crippen LogP contribution in [0.5, 0.6) is 5.75 Å². The van der Waals surface area contributed by atoms with Gasteiger partial charge in [0.1, 0.15) is 11.6 Å². The highest BCUT2D eigenvalue weighted by Crippen LogP contribution is 2.23. The van der Waals surface area contributed by atoms with E-state index in [-0.39, 0.29) is 53.1 Å². The lowest BCUT2D eigenvalue weighted by Crippen LogP contribution is -2.46. The van der Waals surface area contributed by atoms with E-state index in [1.165, 1.54) is 55.5 Å². The molecule has 1 heterocycles. The Kier molecular flexibility index (Phi) is 12.1. The Morgan fingerprint density at radius 2 is 1.58 bits per heavy atom. The first-order valence-electron chi connectivity index (χ1n) is 14.4. The maximum Gasteiger partial charge on any atom is 0.387 e. The molecular formula is C31H31F2N5O8S2. The summed E-state index contributed by atoms with van der Waals surface area (Å²) in [6.07, 6.45) is -0.687. The van der Waals surface area contributed by atoms with Crippen molar-refractivity contribution < 1.29 is 44.5 Å². The molecule has 1 amide bonds. The molecule has 0 aliphatic carbocycles. The Bertz CT molecular complexity index is 1960. The van der Waals surface area contributed by atoms with Crippen LogP contribution >= 0.6 is 0 Å². The summed E-state index contributed by atoms with van der Waals surface area (Å²) in [5.41, 5.74) is 3.22. The van der Waals surface area contributed by atoms with Gasteiger partial charge >= 0.3 is 6.61 Å². The van der Waals surface area contributed by atoms with Crippen molar-refractivity contribution >= 4 is 37.4 Å². The number of nitrogens with zero attached hydrogens (tertiary/aromatic N) is 4. The normalized spacial score (nSPS) is 12.1. The second-order valence-electron chi connectivity index (χ2n) is 10.3. The summed E-state index contributed by atoms with van der Waals surface area (Å²) in [5.74, 6) is -3.16. The number of rotatable bonds is 15. The molecule has 4 aromatic rings. The molecule has 3 aromatic carbocycles. The molecule has 0 radical (unpaired) electrons. The van der Waals surface area contributed by atoms with Crippen LogP contribution in [-0.2, 0) is 30.4 Å². The quantitative estimate of drug-likeness (QED) is 0.0801. The van der Waals surface area contributed by atoms with Crippen LogP contribution in [0.4, 0.5) is 8.78 Å². The van der Waals surface area contributed by atoms with Gasteiger partial charge in [0.2, 0.25) is 17.5 Å². The molecule has 48 heavy (non-hydrogen) atoms. The van der Waals surface area contributed by atoms with Gasteiger partial charge in [-0.05, 0) is 31.5 Å². The molecule has 0 saturated heterocycles. The van der Waals surface area contributed by atoms with Crippen LogP contribution in [0.2, 0.25) is 0 Å². The molecule has 1 N–H and O–H groups in total. The topological polar surface area (TPSA) is 178 Å². The fourth-order valence-corrected chi connectivity index (χ4v) is 6.70. The number of Topliss-reactive ketones (excluding diaryl/α,β-unsaturated/α-hetero) is 1. The largest absolute Gasteiger partial charge is 0.435 e. The Balaban J connectivity index is 1.45. The molecule has 13 nitrogen and oxygen atoms in total. The Morgan fingerprint density at radius 3 is 2.27 bits per heavy atom. The first-order valence-corrected chi connectivity index (χ1v) is 17.7. The molecule has 0 spiro atoms. The minimum Gasteiger partial charge on any atom is -0.435 e. The van der Waals surface area contributed by atoms with E-state index in [4.69, 9.17) is 4.52 Å². The second-order valence-corrected chi connectivity index (χ2v) is 14.1. The van der Waals surface area contributed by atoms with Gasteiger partial charge in [-0.3, -0.25) is 20.0 Å². The minimum absolute atomic E-state index is 0.00992. The maximum absolute atomic E-state index is 13.3. The standard InChI is InChI=1S/C31H31F2N5O8S2/c1-22(37-48(43,44)25-14-6-3-7-15-25)35-38(19-10-16-26(39)30-34-29(36-46-30)23-11-4-2-5-12-23)28(40)18-20-47(41,42)21-24-13-8-9-17-27(24)45-31(32)33/h2-9,11-15,17,31H,10,16,18-21H2,1H3,(H,35,37). The molecule has 254 valence electrons. The molecular weight excluding hydrogens is 672 g/mol. The molecule has 0 saturated carbocycles. The van der Waals surface area contributed by atoms with E-state index in [1.54, 1.807) is 36.4 Å². The van der Waals surface area contributed by atoms with Crippen molar-refractivity contribution in [2.75, 3.05) is 12.3 Å². The number of hydrogen-bond acceptors (Lipinski definition) is 10. The van der Waals surface area contributed by atoms with E-state index >= 15 is 0 Å². The number of benzene rings is 3. The van der Waals surface area contributed by atoms with Gasteiger partial charge in [0, 0.05) is 30.5 Å². The van der Waals surface area contributed by atoms with Crippen molar-refractivity contribution in [3.63, 3.8) is 0 Å². The third kappa shape index (κ3) is 10.5. The van der Waals surface area contributed by atoms with E-state index in [0.717, 1.165) is 5.01 Å². The number of sulfonamides is 1. The number of alkyl halides is 2. The maximum atomic E-state index is 13.3. The second kappa shape index (κ2) is 16.2. The van der Waals surface area contributed by atoms with Crippen LogP contribution in [0.15, 0.2) is 98.7 Å². The SMILES string of the molecule is CC(=NS(=O)(=O)c1ccccc1)NN(CCCC(=O)c1nc(-c2ccccc2)no1)C(=O)CCS(=O)(=O)Cc1ccccc1OC(F)F. The number of hydrazine groups is 1. The number of carbonyl (C=O) groups excluding carboxylic acids is 2. The molecule has 4 rings (SSSR count). The highest BCUT2D eigenvalue weighted by molar-refractivity contribution is 7.90. The van der Waals surface area contributed by atoms with Gasteiger partial charge in [0.15, 0.2) is 9.84 Å². The van der Waals surface area contributed by atoms with Crippen molar-refractivity contribution in [1.29, 1.82) is 0 Å². The van der Waals surface area contributed by atoms with Gasteiger partial charge in [-0.2, -0.15) is 22.2 Å². The zero-order valence-electron chi connectivity index (χ0n) is 25.5. The number of hydrogen-bond donors (Lipinski definition) is 1. The van der Waals surface area contributed by atoms with Crippen molar-refractivity contribution in [3.8, 4) is 17.1 Å². The van der Waals surface area contributed by atoms with Crippen molar-refractivity contribution in [1.82, 2.24) is 20.6 Å². The van der Waals surface area contributed by atoms with Crippen LogP contribution in [0.1, 0.15) is 42.4 Å². The summed E-state index contributed by atoms with van der Waals surface area (Å²) in [6.45, 7) is -2.04. The summed E-state index contributed by atoms with van der Waals surface area (Å²) in [7, 11) is -8.17. The van der Waals surface area contributed by atoms with Gasteiger partial charge in [-0.15, -0.1) is 4.40 Å². The van der Waals surface area contributed by atoms with E-state index in [1.807, 2.05) is 0 Å². The number of sulfone groups is 1. The highest BCUT2D eigenvalue weighted by atomic mass is 32.2. The molecule has 0 atom stereocenters. The smallest absolute Gasteiger partial charge is 0.387 e. The summed E-state index contributed by atoms with van der Waals surface area (Å²) >= 11 is 0. The summed E-state index contributed by atoms with van der Waals surface area (Å²) < 4.78 is 90.1. The number of nitrogens with one attached hydrogen (secondary N) is 1. The van der Waals surface area contributed by atoms with E-state index in [0.29, 0.717) is 5.56 Å². The summed E-state index contributed by atoms with van der Waals surface area (Å²) in [4.78, 5) is 30.1. The average Bonchev–Trinajstić information content (AvgIpc) is 3.55. The molecule has 0 fully saturated rings. The number of ether oxygens (including phenoxy) is 1. The zero-order chi connectivity index (χ0) is 34.7. The highest BCUT2D eigenvalue weighted by Gasteiger charge is 2.23. The van der Waals surface area contributed by atoms with Crippen LogP contribution < -0.4 is 10.2 Å². The Labute approximate surface area is 275 Å². The van der Waals surface area contributed by atoms with Crippen molar-refractivity contribution in [2.24, 2.45) is 4.40 Å². The molecule has 0 aliphatic heterocycles. The van der Waals surface area contributed by atoms with Crippen molar-refractivity contribution in [2.45, 2.75) is 43.4 Å². The fraction of sp³-hybridized carbons (Fsp3) is 0.258. The first kappa shape index (κ1) is 35.8. The third-order valence-corrected chi connectivity index (χ3v) is 9.53. The molecule has 0 unspecified atom stereocenters. The minimum atomic E-state index is -4.16. The van der Waals surface area contributed by atoms with Gasteiger partial charge in [0.25, 0.3) is 15.9 Å². The molecule has 0 bridgehead atoms. The summed E-state index contributed by atoms with van der Waals surface area (Å²) in [6, 6.07) is 21.6. The van der Waals surface area contributed by atoms with E-state index in [2.05, 4.69) is 24.7 Å². The summed E-state index contributed by atoms with van der Waals surface area (Å²) in [5, 5.41) is 4.77. The molecule has 0 aliphatic rings. The predicted molar refractivity (Wildman–Crippen MR) is 170 cm³/mol. The number of amides is 1. The van der Waals surface area contributed by atoms with E-state index in [9.17, 15) is 35.2 Å². The Morgan fingerprint density at radius 1 is 0.938 bits per heavy atom. The predicted octanol–water partition coefficient (Wildman–Crippen LogP) is 4.45. The third-order valence-electron chi connectivity index (χ3n) is 6.57. The van der Waals surface area contributed by atoms with Crippen LogP contribution in [0.3, 0.4) is 0 Å². The van der Waals surface area contributed by atoms with Crippen LogP contribution in [0.25, 0.3) is 11.4 Å². The molecule has 1 aromatic heterocycles. The van der Waals surface area contributed by atoms with Crippen LogP contribution in [0, 0.1) is 0 Å². The monoisotopic (exact) mass is 703 g/mol. The number of amidine groups is 1. The zero-order valence-corrected chi connectivity index (χ0v) is 27.2. The number of carbonyl (C=O) groups is 2. The number of aromatic nitrogens is 2. The molecule has 17 heteroatoms. The number of para-hydroxylation sites is 1. The van der Waals surface area contributed by atoms with Crippen LogP contribution in [-0.4, -0.2) is 68.4 Å². The number of halogens is 2. The lowest BCUT2D eigenvalue weighted by Gasteiger charge is -2.24. The Hall–Kier alpha value is -5.03. The lowest BCUT2D eigenvalue weighted by atomic mass is 10.2. The van der Waals surface area contributed by atoms with Gasteiger partial charge in [-0.1, -0.05) is 71.9 Å². The fourth-order valence-electron chi connectivity index (χ4n) is 4.35. The van der Waals surface area contributed by atoms with Gasteiger partial charge in [0.05, 0.1) is 16.4 Å². The van der Waals surface area contributed by atoms with E-state index < -0.39 is 56.1 Å².